The van der Waals surface area contributed by atoms with Gasteiger partial charge in [-0.05, 0) is 6.07 Å². The molecule has 2 atom stereocenters. The minimum atomic E-state index is -0.437. The maximum Gasteiger partial charge on any atom is 0.225 e. The van der Waals surface area contributed by atoms with Crippen molar-refractivity contribution in [2.75, 3.05) is 0 Å². The van der Waals surface area contributed by atoms with Gasteiger partial charge in [-0.1, -0.05) is 0 Å². The Morgan fingerprint density at radius 1 is 1.58 bits per heavy atom. The minimum absolute atomic E-state index is 0.325. The number of pyridine rings is 1. The molecule has 0 radical (unpaired) electrons. The molecule has 4 heteroatoms. The fourth-order valence-corrected chi connectivity index (χ4v) is 1.10. The molecule has 60 valence electrons. The van der Waals surface area contributed by atoms with Gasteiger partial charge in [-0.3, -0.25) is 0 Å². The second kappa shape index (κ2) is 2.47. The van der Waals surface area contributed by atoms with E-state index in [4.69, 9.17) is 10.00 Å². The van der Waals surface area contributed by atoms with Gasteiger partial charge in [-0.25, -0.2) is 0 Å². The highest BCUT2D eigenvalue weighted by Crippen LogP contribution is 2.35. The highest BCUT2D eigenvalue weighted by Gasteiger charge is 2.45. The molecule has 1 aliphatic rings. The molecule has 0 bridgehead atoms. The fraction of sp³-hybridized carbons (Fsp3) is 0.250. The molecule has 1 aromatic heterocycles. The molecular formula is C8H6N2O2. The lowest BCUT2D eigenvalue weighted by atomic mass is 10.2. The number of nitrogens with zero attached hydrogens (tertiary/aromatic N) is 2. The van der Waals surface area contributed by atoms with E-state index in [1.165, 1.54) is 6.20 Å². The predicted octanol–water partition coefficient (Wildman–Crippen LogP) is 0.283. The van der Waals surface area contributed by atoms with Crippen LogP contribution in [0.25, 0.3) is 0 Å². The van der Waals surface area contributed by atoms with E-state index in [-0.39, 0.29) is 6.10 Å². The Morgan fingerprint density at radius 2 is 2.42 bits per heavy atom. The van der Waals surface area contributed by atoms with Crippen molar-refractivity contribution >= 4 is 0 Å². The van der Waals surface area contributed by atoms with Crippen LogP contribution in [0.4, 0.5) is 0 Å². The normalized spacial score (nSPS) is 26.2. The second-order valence-corrected chi connectivity index (χ2v) is 2.56. The zero-order chi connectivity index (χ0) is 8.55. The molecule has 1 aliphatic heterocycles. The van der Waals surface area contributed by atoms with Gasteiger partial charge in [0.1, 0.15) is 0 Å². The Balaban J connectivity index is 2.26. The van der Waals surface area contributed by atoms with Crippen LogP contribution in [-0.4, -0.2) is 6.10 Å². The Labute approximate surface area is 69.2 Å². The van der Waals surface area contributed by atoms with Crippen molar-refractivity contribution in [3.63, 3.8) is 0 Å². The van der Waals surface area contributed by atoms with E-state index >= 15 is 0 Å². The zero-order valence-electron chi connectivity index (χ0n) is 6.18. The number of hydrogen-bond donors (Lipinski definition) is 0. The topological polar surface area (TPSA) is 63.3 Å². The van der Waals surface area contributed by atoms with Crippen LogP contribution in [0.3, 0.4) is 0 Å². The van der Waals surface area contributed by atoms with Crippen molar-refractivity contribution in [2.45, 2.75) is 12.2 Å². The average Bonchev–Trinajstić information content (AvgIpc) is 2.84. The van der Waals surface area contributed by atoms with Crippen LogP contribution >= 0.6 is 0 Å². The number of aromatic nitrogens is 1. The van der Waals surface area contributed by atoms with Crippen LogP contribution < -0.4 is 4.73 Å². The van der Waals surface area contributed by atoms with Crippen molar-refractivity contribution in [1.29, 1.82) is 5.26 Å². The van der Waals surface area contributed by atoms with E-state index in [0.717, 1.165) is 4.73 Å². The number of hydrogen-bond acceptors (Lipinski definition) is 3. The lowest BCUT2D eigenvalue weighted by Crippen LogP contribution is -2.30. The molecule has 0 amide bonds. The van der Waals surface area contributed by atoms with Gasteiger partial charge < -0.3 is 9.94 Å². The summed E-state index contributed by atoms with van der Waals surface area (Å²) < 4.78 is 5.68. The summed E-state index contributed by atoms with van der Waals surface area (Å²) in [5.41, 5.74) is 0.504. The third-order valence-corrected chi connectivity index (χ3v) is 1.76. The van der Waals surface area contributed by atoms with E-state index < -0.39 is 6.10 Å². The molecule has 0 unspecified atom stereocenters. The van der Waals surface area contributed by atoms with Gasteiger partial charge >= 0.3 is 0 Å². The zero-order valence-corrected chi connectivity index (χ0v) is 6.18. The third kappa shape index (κ3) is 1.00. The largest absolute Gasteiger partial charge is 0.618 e. The number of nitriles is 1. The van der Waals surface area contributed by atoms with Gasteiger partial charge in [0.15, 0.2) is 18.4 Å². The van der Waals surface area contributed by atoms with Gasteiger partial charge in [0.05, 0.1) is 6.07 Å². The summed E-state index contributed by atoms with van der Waals surface area (Å²) in [5, 5.41) is 19.5. The third-order valence-electron chi connectivity index (χ3n) is 1.76. The molecular weight excluding hydrogens is 156 g/mol. The van der Waals surface area contributed by atoms with E-state index in [1.807, 2.05) is 6.07 Å². The lowest BCUT2D eigenvalue weighted by Gasteiger charge is -1.98. The first-order valence-electron chi connectivity index (χ1n) is 3.56. The second-order valence-electron chi connectivity index (χ2n) is 2.56. The summed E-state index contributed by atoms with van der Waals surface area (Å²) in [6, 6.07) is 6.99. The average molecular weight is 162 g/mol. The van der Waals surface area contributed by atoms with Crippen molar-refractivity contribution in [2.24, 2.45) is 0 Å². The number of epoxide rings is 1. The van der Waals surface area contributed by atoms with Crippen LogP contribution in [0.1, 0.15) is 11.8 Å². The molecule has 4 nitrogen and oxygen atoms in total. The SMILES string of the molecule is N#C[C@@H]1O[C@@H]1c1cccc[n+]1[O-]. The fourth-order valence-electron chi connectivity index (χ4n) is 1.10. The van der Waals surface area contributed by atoms with E-state index in [0.29, 0.717) is 5.69 Å². The Bertz CT molecular complexity index is 345. The first-order valence-corrected chi connectivity index (χ1v) is 3.56. The van der Waals surface area contributed by atoms with Crippen LogP contribution in [0.15, 0.2) is 24.4 Å². The Hall–Kier alpha value is -1.60. The molecule has 0 spiro atoms. The van der Waals surface area contributed by atoms with E-state index in [2.05, 4.69) is 0 Å². The number of rotatable bonds is 1. The molecule has 2 heterocycles. The standard InChI is InChI=1S/C8H6N2O2/c9-5-7-8(12-7)6-3-1-2-4-10(6)11/h1-4,7-8H/t7-,8+/m0/s1. The van der Waals surface area contributed by atoms with Crippen LogP contribution in [-0.2, 0) is 4.74 Å². The van der Waals surface area contributed by atoms with Gasteiger partial charge in [0.25, 0.3) is 0 Å². The maximum absolute atomic E-state index is 11.1. The molecule has 0 saturated carbocycles. The summed E-state index contributed by atoms with van der Waals surface area (Å²) in [7, 11) is 0. The first-order chi connectivity index (χ1) is 5.83. The summed E-state index contributed by atoms with van der Waals surface area (Å²) in [6.45, 7) is 0. The molecule has 1 aromatic rings. The quantitative estimate of drug-likeness (QED) is 0.338. The molecule has 1 fully saturated rings. The van der Waals surface area contributed by atoms with Crippen LogP contribution in [0, 0.1) is 16.5 Å². The van der Waals surface area contributed by atoms with Crippen LogP contribution in [0.2, 0.25) is 0 Å². The molecule has 2 rings (SSSR count). The highest BCUT2D eigenvalue weighted by molar-refractivity contribution is 5.14. The molecule has 12 heavy (non-hydrogen) atoms. The van der Waals surface area contributed by atoms with Gasteiger partial charge in [-0.15, -0.1) is 0 Å². The summed E-state index contributed by atoms with van der Waals surface area (Å²) in [6.07, 6.45) is 0.632. The molecule has 0 N–H and O–H groups in total. The van der Waals surface area contributed by atoms with E-state index in [9.17, 15) is 5.21 Å². The maximum atomic E-state index is 11.1. The van der Waals surface area contributed by atoms with Crippen LogP contribution in [0.5, 0.6) is 0 Å². The van der Waals surface area contributed by atoms with Gasteiger partial charge in [-0.2, -0.15) is 9.99 Å². The predicted molar refractivity (Wildman–Crippen MR) is 38.6 cm³/mol. The molecule has 0 aromatic carbocycles. The van der Waals surface area contributed by atoms with Crippen molar-refractivity contribution in [1.82, 2.24) is 0 Å². The summed E-state index contributed by atoms with van der Waals surface area (Å²) >= 11 is 0. The monoisotopic (exact) mass is 162 g/mol. The van der Waals surface area contributed by atoms with Crippen molar-refractivity contribution in [3.05, 3.63) is 35.3 Å². The molecule has 1 saturated heterocycles. The van der Waals surface area contributed by atoms with Crippen molar-refractivity contribution in [3.8, 4) is 6.07 Å². The smallest absolute Gasteiger partial charge is 0.225 e. The Kier molecular flexibility index (Phi) is 1.45. The molecule has 0 aliphatic carbocycles. The highest BCUT2D eigenvalue weighted by atomic mass is 16.6. The first kappa shape index (κ1) is 7.07. The Morgan fingerprint density at radius 3 is 3.00 bits per heavy atom. The van der Waals surface area contributed by atoms with Gasteiger partial charge in [0, 0.05) is 12.1 Å². The summed E-state index contributed by atoms with van der Waals surface area (Å²) in [5.74, 6) is 0. The lowest BCUT2D eigenvalue weighted by molar-refractivity contribution is -0.615. The van der Waals surface area contributed by atoms with Gasteiger partial charge in [0.2, 0.25) is 5.69 Å². The minimum Gasteiger partial charge on any atom is -0.618 e. The van der Waals surface area contributed by atoms with Crippen molar-refractivity contribution < 1.29 is 9.47 Å². The number of ether oxygens (including phenoxy) is 1. The van der Waals surface area contributed by atoms with E-state index in [1.54, 1.807) is 18.2 Å². The summed E-state index contributed by atoms with van der Waals surface area (Å²) in [4.78, 5) is 0.